The minimum Gasteiger partial charge on any atom is -0.456 e. The maximum atomic E-state index is 9.22. The molecule has 192 valence electrons. The number of hydrogen-bond acceptors (Lipinski definition) is 4. The third-order valence-corrected chi connectivity index (χ3v) is 7.00. The van der Waals surface area contributed by atoms with Crippen LogP contribution >= 0.6 is 0 Å². The molecular formula is C37H23N3O. The Bertz CT molecular complexity index is 2590. The van der Waals surface area contributed by atoms with E-state index in [0.717, 1.165) is 21.9 Å². The molecule has 0 N–H and O–H groups in total. The molecule has 0 aliphatic carbocycles. The van der Waals surface area contributed by atoms with Gasteiger partial charge in [0.2, 0.25) is 0 Å². The van der Waals surface area contributed by atoms with Crippen LogP contribution in [0.15, 0.2) is 144 Å². The zero-order valence-electron chi connectivity index (χ0n) is 28.5. The standard InChI is InChI=1S/C37H23N3O/c1-2-9-26(10-3-1)35-38-36(27-17-14-25(15-18-27)29-19-16-24-8-4-5-11-28(24)22-29)40-37(39-35)30-20-21-34-32(23-30)31-12-6-7-13-33(31)41-34/h1-23H/i6D,7D,12D,13D,20D,21D,23D. The minimum absolute atomic E-state index is 0.00374. The second-order valence-corrected chi connectivity index (χ2v) is 9.57. The Labute approximate surface area is 246 Å². The third kappa shape index (κ3) is 4.23. The summed E-state index contributed by atoms with van der Waals surface area (Å²) in [4.78, 5) is 14.2. The number of para-hydroxylation sites is 1. The fourth-order valence-electron chi connectivity index (χ4n) is 4.93. The molecule has 0 amide bonds. The van der Waals surface area contributed by atoms with Crippen molar-refractivity contribution in [1.82, 2.24) is 15.0 Å². The lowest BCUT2D eigenvalue weighted by molar-refractivity contribution is 0.669. The average Bonchev–Trinajstić information content (AvgIpc) is 3.54. The summed E-state index contributed by atoms with van der Waals surface area (Å²) in [6.07, 6.45) is 0. The molecule has 0 unspecified atom stereocenters. The van der Waals surface area contributed by atoms with Crippen molar-refractivity contribution >= 4 is 32.7 Å². The van der Waals surface area contributed by atoms with E-state index >= 15 is 0 Å². The van der Waals surface area contributed by atoms with Gasteiger partial charge >= 0.3 is 0 Å². The van der Waals surface area contributed by atoms with E-state index in [9.17, 15) is 1.37 Å². The first-order chi connectivity index (χ1) is 23.2. The molecule has 6 aromatic carbocycles. The van der Waals surface area contributed by atoms with Gasteiger partial charge in [-0.2, -0.15) is 0 Å². The van der Waals surface area contributed by atoms with E-state index < -0.39 is 24.2 Å². The Morgan fingerprint density at radius 2 is 1.07 bits per heavy atom. The van der Waals surface area contributed by atoms with Crippen LogP contribution in [0.4, 0.5) is 0 Å². The van der Waals surface area contributed by atoms with Gasteiger partial charge in [-0.25, -0.2) is 15.0 Å². The molecule has 4 nitrogen and oxygen atoms in total. The molecule has 41 heavy (non-hydrogen) atoms. The summed E-state index contributed by atoms with van der Waals surface area (Å²) in [5.41, 5.74) is 3.00. The minimum atomic E-state index is -0.489. The fourth-order valence-corrected chi connectivity index (χ4v) is 4.93. The highest BCUT2D eigenvalue weighted by Gasteiger charge is 2.14. The normalized spacial score (nSPS) is 13.8. The average molecular weight is 533 g/mol. The lowest BCUT2D eigenvalue weighted by Gasteiger charge is -2.09. The van der Waals surface area contributed by atoms with E-state index in [1.54, 1.807) is 0 Å². The van der Waals surface area contributed by atoms with E-state index in [1.807, 2.05) is 66.7 Å². The zero-order chi connectivity index (χ0) is 33.3. The summed E-state index contributed by atoms with van der Waals surface area (Å²) in [7, 11) is 0. The monoisotopic (exact) mass is 532 g/mol. The first-order valence-electron chi connectivity index (χ1n) is 16.5. The van der Waals surface area contributed by atoms with Crippen molar-refractivity contribution in [2.24, 2.45) is 0 Å². The molecule has 0 aliphatic heterocycles. The van der Waals surface area contributed by atoms with Gasteiger partial charge in [0.05, 0.1) is 9.60 Å². The van der Waals surface area contributed by atoms with Crippen LogP contribution in [0.5, 0.6) is 0 Å². The molecule has 0 atom stereocenters. The Morgan fingerprint density at radius 3 is 1.88 bits per heavy atom. The molecule has 8 rings (SSSR count). The molecule has 0 fully saturated rings. The van der Waals surface area contributed by atoms with Crippen LogP contribution in [0.3, 0.4) is 0 Å². The van der Waals surface area contributed by atoms with Crippen molar-refractivity contribution in [3.8, 4) is 45.3 Å². The van der Waals surface area contributed by atoms with Gasteiger partial charge in [-0.15, -0.1) is 0 Å². The number of hydrogen-bond donors (Lipinski definition) is 0. The summed E-state index contributed by atoms with van der Waals surface area (Å²) < 4.78 is 65.8. The number of benzene rings is 6. The third-order valence-electron chi connectivity index (χ3n) is 7.00. The van der Waals surface area contributed by atoms with E-state index in [-0.39, 0.29) is 51.5 Å². The zero-order valence-corrected chi connectivity index (χ0v) is 21.5. The second kappa shape index (κ2) is 9.54. The molecule has 0 saturated carbocycles. The molecule has 2 heterocycles. The highest BCUT2D eigenvalue weighted by molar-refractivity contribution is 6.06. The van der Waals surface area contributed by atoms with Gasteiger partial charge in [-0.1, -0.05) is 109 Å². The predicted octanol–water partition coefficient (Wildman–Crippen LogP) is 9.59. The molecule has 8 aromatic rings. The highest BCUT2D eigenvalue weighted by atomic mass is 16.3. The molecule has 0 radical (unpaired) electrons. The maximum Gasteiger partial charge on any atom is 0.164 e. The Hall–Kier alpha value is -5.61. The number of aromatic nitrogens is 3. The first kappa shape index (κ1) is 17.2. The van der Waals surface area contributed by atoms with Crippen LogP contribution in [0.2, 0.25) is 0 Å². The van der Waals surface area contributed by atoms with Crippen LogP contribution in [0.25, 0.3) is 78.0 Å². The predicted molar refractivity (Wildman–Crippen MR) is 166 cm³/mol. The summed E-state index contributed by atoms with van der Waals surface area (Å²) in [6, 6.07) is 28.7. The first-order valence-corrected chi connectivity index (χ1v) is 13.0. The molecular weight excluding hydrogens is 502 g/mol. The Balaban J connectivity index is 1.33. The molecule has 2 aromatic heterocycles. The van der Waals surface area contributed by atoms with Crippen LogP contribution in [-0.4, -0.2) is 15.0 Å². The van der Waals surface area contributed by atoms with Crippen molar-refractivity contribution in [3.05, 3.63) is 139 Å². The van der Waals surface area contributed by atoms with Gasteiger partial charge in [-0.3, -0.25) is 0 Å². The number of rotatable bonds is 4. The van der Waals surface area contributed by atoms with Crippen LogP contribution in [0, 0.1) is 0 Å². The summed E-state index contributed by atoms with van der Waals surface area (Å²) in [5.74, 6) is 0.588. The summed E-state index contributed by atoms with van der Waals surface area (Å²) in [6.45, 7) is 0. The highest BCUT2D eigenvalue weighted by Crippen LogP contribution is 2.33. The number of fused-ring (bicyclic) bond motifs is 4. The quantitative estimate of drug-likeness (QED) is 0.226. The second-order valence-electron chi connectivity index (χ2n) is 9.57. The van der Waals surface area contributed by atoms with Gasteiger partial charge in [-0.05, 0) is 52.1 Å². The SMILES string of the molecule is [2H]c1c([2H])c([2H])c2c(oc3c([2H])c([2H])c(-c4nc(-c5ccccc5)nc(-c5ccc(-c6ccc7ccccc7c6)cc5)n4)c([2H])c32)c1[2H]. The van der Waals surface area contributed by atoms with Crippen LogP contribution in [-0.2, 0) is 0 Å². The molecule has 0 aliphatic rings. The van der Waals surface area contributed by atoms with E-state index in [0.29, 0.717) is 22.8 Å². The summed E-state index contributed by atoms with van der Waals surface area (Å²) in [5, 5.41) is 2.26. The van der Waals surface area contributed by atoms with Crippen molar-refractivity contribution in [2.75, 3.05) is 0 Å². The van der Waals surface area contributed by atoms with Gasteiger partial charge in [0.15, 0.2) is 17.5 Å². The number of nitrogens with zero attached hydrogens (tertiary/aromatic N) is 3. The molecule has 0 saturated heterocycles. The van der Waals surface area contributed by atoms with Gasteiger partial charge in [0.1, 0.15) is 11.2 Å². The Morgan fingerprint density at radius 1 is 0.463 bits per heavy atom. The van der Waals surface area contributed by atoms with Gasteiger partial charge in [0.25, 0.3) is 0 Å². The van der Waals surface area contributed by atoms with E-state index in [1.165, 1.54) is 0 Å². The van der Waals surface area contributed by atoms with Crippen LogP contribution in [0.1, 0.15) is 9.60 Å². The Kier molecular flexibility index (Phi) is 3.99. The van der Waals surface area contributed by atoms with Gasteiger partial charge in [0, 0.05) is 27.5 Å². The van der Waals surface area contributed by atoms with Gasteiger partial charge < -0.3 is 4.42 Å². The van der Waals surface area contributed by atoms with E-state index in [2.05, 4.69) is 35.3 Å². The number of furan rings is 1. The fraction of sp³-hybridized carbons (Fsp3) is 0. The maximum absolute atomic E-state index is 9.22. The molecule has 4 heteroatoms. The van der Waals surface area contributed by atoms with Crippen LogP contribution < -0.4 is 0 Å². The van der Waals surface area contributed by atoms with Crippen molar-refractivity contribution in [1.29, 1.82) is 0 Å². The lowest BCUT2D eigenvalue weighted by atomic mass is 10.00. The molecule has 0 spiro atoms. The van der Waals surface area contributed by atoms with Crippen molar-refractivity contribution in [2.45, 2.75) is 0 Å². The van der Waals surface area contributed by atoms with E-state index in [4.69, 9.17) is 22.6 Å². The topological polar surface area (TPSA) is 51.8 Å². The largest absolute Gasteiger partial charge is 0.456 e. The summed E-state index contributed by atoms with van der Waals surface area (Å²) >= 11 is 0. The molecule has 0 bridgehead atoms. The van der Waals surface area contributed by atoms with Crippen molar-refractivity contribution in [3.63, 3.8) is 0 Å². The smallest absolute Gasteiger partial charge is 0.164 e. The lowest BCUT2D eigenvalue weighted by Crippen LogP contribution is -2.00. The van der Waals surface area contributed by atoms with Crippen molar-refractivity contribution < 1.29 is 14.0 Å².